The highest BCUT2D eigenvalue weighted by Crippen LogP contribution is 2.35. The van der Waals surface area contributed by atoms with Crippen LogP contribution in [-0.2, 0) is 6.54 Å². The van der Waals surface area contributed by atoms with Crippen molar-refractivity contribution in [3.63, 3.8) is 0 Å². The van der Waals surface area contributed by atoms with Crippen LogP contribution in [0.5, 0.6) is 0 Å². The first kappa shape index (κ1) is 14.6. The lowest BCUT2D eigenvalue weighted by atomic mass is 10.2. The van der Waals surface area contributed by atoms with E-state index in [1.807, 2.05) is 36.6 Å². The number of likely N-dealkylation sites (tertiary alicyclic amines) is 1. The molecule has 1 aliphatic heterocycles. The normalized spacial score (nSPS) is 18.7. The minimum absolute atomic E-state index is 0.000528. The molecule has 5 heteroatoms. The van der Waals surface area contributed by atoms with Crippen molar-refractivity contribution in [3.05, 3.63) is 68.4 Å². The van der Waals surface area contributed by atoms with Gasteiger partial charge in [0.2, 0.25) is 0 Å². The number of fused-ring (bicyclic) bond motifs is 1. The summed E-state index contributed by atoms with van der Waals surface area (Å²) < 4.78 is 1.62. The summed E-state index contributed by atoms with van der Waals surface area (Å²) in [5, 5.41) is 2.13. The zero-order chi connectivity index (χ0) is 15.8. The number of rotatable bonds is 3. The third kappa shape index (κ3) is 2.82. The summed E-state index contributed by atoms with van der Waals surface area (Å²) in [5.74, 6) is 0. The first-order valence-corrected chi connectivity index (χ1v) is 8.85. The van der Waals surface area contributed by atoms with Crippen molar-refractivity contribution in [2.75, 3.05) is 6.54 Å². The minimum atomic E-state index is 0.000528. The molecule has 0 N–H and O–H groups in total. The highest BCUT2D eigenvalue weighted by molar-refractivity contribution is 7.10. The van der Waals surface area contributed by atoms with Crippen LogP contribution in [0.25, 0.3) is 5.65 Å². The third-order valence-corrected chi connectivity index (χ3v) is 5.43. The number of thiophene rings is 1. The van der Waals surface area contributed by atoms with E-state index in [9.17, 15) is 4.79 Å². The average Bonchev–Trinajstić information content (AvgIpc) is 3.19. The highest BCUT2D eigenvalue weighted by atomic mass is 32.1. The van der Waals surface area contributed by atoms with Crippen molar-refractivity contribution in [1.29, 1.82) is 0 Å². The quantitative estimate of drug-likeness (QED) is 0.741. The van der Waals surface area contributed by atoms with Crippen LogP contribution < -0.4 is 5.56 Å². The van der Waals surface area contributed by atoms with Crippen LogP contribution in [0.2, 0.25) is 0 Å². The van der Waals surface area contributed by atoms with Gasteiger partial charge in [-0.05, 0) is 49.4 Å². The second kappa shape index (κ2) is 5.91. The van der Waals surface area contributed by atoms with Gasteiger partial charge in [-0.2, -0.15) is 0 Å². The maximum absolute atomic E-state index is 12.3. The molecule has 0 amide bonds. The summed E-state index contributed by atoms with van der Waals surface area (Å²) >= 11 is 1.81. The van der Waals surface area contributed by atoms with Crippen LogP contribution in [-0.4, -0.2) is 20.8 Å². The first-order valence-electron chi connectivity index (χ1n) is 7.97. The molecule has 1 fully saturated rings. The highest BCUT2D eigenvalue weighted by Gasteiger charge is 2.27. The maximum atomic E-state index is 12.3. The van der Waals surface area contributed by atoms with E-state index >= 15 is 0 Å². The molecule has 4 heterocycles. The van der Waals surface area contributed by atoms with Gasteiger partial charge in [0, 0.05) is 29.7 Å². The second-order valence-corrected chi connectivity index (χ2v) is 7.14. The van der Waals surface area contributed by atoms with Crippen LogP contribution >= 0.6 is 11.3 Å². The maximum Gasteiger partial charge on any atom is 0.258 e. The molecule has 4 rings (SSSR count). The van der Waals surface area contributed by atoms with E-state index < -0.39 is 0 Å². The lowest BCUT2D eigenvalue weighted by Gasteiger charge is -2.23. The average molecular weight is 325 g/mol. The summed E-state index contributed by atoms with van der Waals surface area (Å²) in [6.45, 7) is 3.79. The first-order chi connectivity index (χ1) is 11.2. The predicted molar refractivity (Wildman–Crippen MR) is 92.9 cm³/mol. The Labute approximate surface area is 139 Å². The molecule has 0 radical (unpaired) electrons. The molecule has 23 heavy (non-hydrogen) atoms. The molecule has 1 aliphatic rings. The van der Waals surface area contributed by atoms with Crippen LogP contribution in [0.4, 0.5) is 0 Å². The smallest absolute Gasteiger partial charge is 0.258 e. The molecule has 118 valence electrons. The van der Waals surface area contributed by atoms with Gasteiger partial charge in [0.1, 0.15) is 5.65 Å². The van der Waals surface area contributed by atoms with Gasteiger partial charge in [-0.1, -0.05) is 12.1 Å². The Kier molecular flexibility index (Phi) is 3.75. The van der Waals surface area contributed by atoms with E-state index in [1.165, 1.54) is 17.7 Å². The Balaban J connectivity index is 1.65. The molecule has 0 spiro atoms. The molecule has 0 aromatic carbocycles. The molecule has 1 unspecified atom stereocenters. The van der Waals surface area contributed by atoms with Gasteiger partial charge < -0.3 is 0 Å². The third-order valence-electron chi connectivity index (χ3n) is 4.46. The van der Waals surface area contributed by atoms with E-state index in [1.54, 1.807) is 10.5 Å². The van der Waals surface area contributed by atoms with E-state index in [2.05, 4.69) is 27.4 Å². The molecule has 0 aliphatic carbocycles. The van der Waals surface area contributed by atoms with Gasteiger partial charge in [-0.3, -0.25) is 14.1 Å². The minimum Gasteiger partial charge on any atom is -0.290 e. The van der Waals surface area contributed by atoms with Crippen molar-refractivity contribution in [1.82, 2.24) is 14.3 Å². The summed E-state index contributed by atoms with van der Waals surface area (Å²) in [4.78, 5) is 20.9. The molecule has 3 aromatic rings. The molecule has 1 saturated heterocycles. The summed E-state index contributed by atoms with van der Waals surface area (Å²) in [7, 11) is 0. The van der Waals surface area contributed by atoms with Crippen molar-refractivity contribution in [2.24, 2.45) is 0 Å². The SMILES string of the molecule is Cc1ccc2nc(CN3CCCC3c3cccs3)cc(=O)n2c1. The Morgan fingerprint density at radius 3 is 3.09 bits per heavy atom. The predicted octanol–water partition coefficient (Wildman–Crippen LogP) is 3.40. The molecular weight excluding hydrogens is 306 g/mol. The summed E-state index contributed by atoms with van der Waals surface area (Å²) in [6, 6.07) is 10.4. The van der Waals surface area contributed by atoms with E-state index in [4.69, 9.17) is 0 Å². The van der Waals surface area contributed by atoms with E-state index in [0.717, 1.165) is 30.0 Å². The van der Waals surface area contributed by atoms with E-state index in [-0.39, 0.29) is 5.56 Å². The monoisotopic (exact) mass is 325 g/mol. The Hall–Kier alpha value is -1.98. The van der Waals surface area contributed by atoms with Crippen LogP contribution in [0.15, 0.2) is 46.7 Å². The van der Waals surface area contributed by atoms with Crippen LogP contribution in [0, 0.1) is 6.92 Å². The Morgan fingerprint density at radius 2 is 2.26 bits per heavy atom. The topological polar surface area (TPSA) is 37.6 Å². The second-order valence-electron chi connectivity index (χ2n) is 6.16. The number of aryl methyl sites for hydroxylation is 1. The number of pyridine rings is 1. The van der Waals surface area contributed by atoms with Gasteiger partial charge in [-0.15, -0.1) is 11.3 Å². The lowest BCUT2D eigenvalue weighted by Crippen LogP contribution is -2.25. The largest absolute Gasteiger partial charge is 0.290 e. The van der Waals surface area contributed by atoms with Gasteiger partial charge >= 0.3 is 0 Å². The van der Waals surface area contributed by atoms with Crippen LogP contribution in [0.1, 0.15) is 35.0 Å². The number of hydrogen-bond acceptors (Lipinski definition) is 4. The zero-order valence-corrected chi connectivity index (χ0v) is 13.9. The Bertz CT molecular complexity index is 885. The lowest BCUT2D eigenvalue weighted by molar-refractivity contribution is 0.248. The van der Waals surface area contributed by atoms with Crippen molar-refractivity contribution in [2.45, 2.75) is 32.4 Å². The van der Waals surface area contributed by atoms with E-state index in [0.29, 0.717) is 6.04 Å². The van der Waals surface area contributed by atoms with Gasteiger partial charge in [-0.25, -0.2) is 4.98 Å². The van der Waals surface area contributed by atoms with Crippen LogP contribution in [0.3, 0.4) is 0 Å². The summed E-state index contributed by atoms with van der Waals surface area (Å²) in [5.41, 5.74) is 2.65. The Morgan fingerprint density at radius 1 is 1.35 bits per heavy atom. The standard InChI is InChI=1S/C18H19N3OS/c1-13-6-7-17-19-14(10-18(22)21(17)11-13)12-20-8-2-4-15(20)16-5-3-9-23-16/h3,5-7,9-11,15H,2,4,8,12H2,1H3. The van der Waals surface area contributed by atoms with Crippen molar-refractivity contribution in [3.8, 4) is 0 Å². The number of hydrogen-bond donors (Lipinski definition) is 0. The van der Waals surface area contributed by atoms with Crippen molar-refractivity contribution >= 4 is 17.0 Å². The molecule has 0 bridgehead atoms. The molecule has 4 nitrogen and oxygen atoms in total. The molecule has 1 atom stereocenters. The zero-order valence-electron chi connectivity index (χ0n) is 13.1. The van der Waals surface area contributed by atoms with Gasteiger partial charge in [0.05, 0.1) is 5.69 Å². The fourth-order valence-electron chi connectivity index (χ4n) is 3.37. The van der Waals surface area contributed by atoms with Gasteiger partial charge in [0.15, 0.2) is 0 Å². The fourth-order valence-corrected chi connectivity index (χ4v) is 4.26. The van der Waals surface area contributed by atoms with Crippen molar-refractivity contribution < 1.29 is 0 Å². The number of nitrogens with zero attached hydrogens (tertiary/aromatic N) is 3. The molecular formula is C18H19N3OS. The number of aromatic nitrogens is 2. The summed E-state index contributed by atoms with van der Waals surface area (Å²) in [6.07, 6.45) is 4.24. The fraction of sp³-hybridized carbons (Fsp3) is 0.333. The molecule has 3 aromatic heterocycles. The molecule has 0 saturated carbocycles. The van der Waals surface area contributed by atoms with Gasteiger partial charge in [0.25, 0.3) is 5.56 Å².